The summed E-state index contributed by atoms with van der Waals surface area (Å²) in [5.74, 6) is -0.123. The van der Waals surface area contributed by atoms with Crippen molar-refractivity contribution >= 4 is 5.69 Å². The van der Waals surface area contributed by atoms with Crippen LogP contribution in [0, 0.1) is 11.2 Å². The molecule has 0 heterocycles. The van der Waals surface area contributed by atoms with E-state index in [0.717, 1.165) is 51.1 Å². The average Bonchev–Trinajstić information content (AvgIpc) is 2.52. The number of hydrogen-bond donors (Lipinski definition) is 1. The number of hydrogen-bond acceptors (Lipinski definition) is 2. The fraction of sp³-hybridized carbons (Fsp3) is 0.667. The zero-order valence-electron chi connectivity index (χ0n) is 14.1. The molecule has 120 valence electrons. The lowest BCUT2D eigenvalue weighted by atomic mass is 9.81. The van der Waals surface area contributed by atoms with Gasteiger partial charge < -0.3 is 10.2 Å². The van der Waals surface area contributed by atoms with E-state index in [1.165, 1.54) is 0 Å². The van der Waals surface area contributed by atoms with Crippen molar-refractivity contribution in [1.29, 1.82) is 0 Å². The van der Waals surface area contributed by atoms with Gasteiger partial charge in [-0.15, -0.1) is 0 Å². The van der Waals surface area contributed by atoms with Crippen molar-refractivity contribution in [1.82, 2.24) is 5.32 Å². The fourth-order valence-corrected chi connectivity index (χ4v) is 2.79. The largest absolute Gasteiger partial charge is 0.369 e. The second-order valence-electron chi connectivity index (χ2n) is 5.85. The summed E-state index contributed by atoms with van der Waals surface area (Å²) in [5.41, 5.74) is 0.926. The Bertz CT molecular complexity index is 402. The van der Waals surface area contributed by atoms with E-state index in [9.17, 15) is 4.39 Å². The van der Waals surface area contributed by atoms with Gasteiger partial charge in [0.05, 0.1) is 5.69 Å². The summed E-state index contributed by atoms with van der Waals surface area (Å²) in [6, 6.07) is 7.10. The van der Waals surface area contributed by atoms with E-state index in [1.54, 1.807) is 12.1 Å². The number of nitrogens with zero attached hydrogens (tertiary/aromatic N) is 1. The normalized spacial score (nSPS) is 11.7. The Morgan fingerprint density at radius 3 is 2.29 bits per heavy atom. The Labute approximate surface area is 129 Å². The molecule has 0 aromatic heterocycles. The summed E-state index contributed by atoms with van der Waals surface area (Å²) in [4.78, 5) is 2.18. The first-order valence-corrected chi connectivity index (χ1v) is 8.32. The Morgan fingerprint density at radius 2 is 1.76 bits per heavy atom. The third-order valence-corrected chi connectivity index (χ3v) is 4.53. The van der Waals surface area contributed by atoms with Gasteiger partial charge in [-0.05, 0) is 50.3 Å². The van der Waals surface area contributed by atoms with Crippen molar-refractivity contribution in [2.75, 3.05) is 31.1 Å². The minimum Gasteiger partial charge on any atom is -0.369 e. The number of nitrogens with one attached hydrogen (secondary N) is 1. The van der Waals surface area contributed by atoms with E-state index in [1.807, 2.05) is 12.1 Å². The van der Waals surface area contributed by atoms with Crippen LogP contribution in [0.5, 0.6) is 0 Å². The van der Waals surface area contributed by atoms with Crippen LogP contribution in [0.1, 0.15) is 47.0 Å². The maximum atomic E-state index is 14.1. The Hall–Kier alpha value is -1.09. The van der Waals surface area contributed by atoms with Crippen LogP contribution < -0.4 is 10.2 Å². The van der Waals surface area contributed by atoms with Gasteiger partial charge in [-0.2, -0.15) is 0 Å². The van der Waals surface area contributed by atoms with Gasteiger partial charge in [0.2, 0.25) is 0 Å². The van der Waals surface area contributed by atoms with Crippen LogP contribution in [0.25, 0.3) is 0 Å². The SMILES string of the molecule is CCCNCC(CC)(CC)CN(CC)c1ccccc1F. The molecule has 1 N–H and O–H groups in total. The second-order valence-corrected chi connectivity index (χ2v) is 5.85. The second kappa shape index (κ2) is 9.04. The number of rotatable bonds is 10. The number of para-hydroxylation sites is 1. The highest BCUT2D eigenvalue weighted by Crippen LogP contribution is 2.30. The van der Waals surface area contributed by atoms with Gasteiger partial charge in [-0.25, -0.2) is 4.39 Å². The highest BCUT2D eigenvalue weighted by atomic mass is 19.1. The van der Waals surface area contributed by atoms with Crippen LogP contribution >= 0.6 is 0 Å². The van der Waals surface area contributed by atoms with E-state index in [0.29, 0.717) is 0 Å². The van der Waals surface area contributed by atoms with Crippen LogP contribution in [-0.4, -0.2) is 26.2 Å². The third kappa shape index (κ3) is 4.99. The maximum absolute atomic E-state index is 14.1. The van der Waals surface area contributed by atoms with Crippen LogP contribution in [0.15, 0.2) is 24.3 Å². The molecule has 0 saturated carbocycles. The molecular formula is C18H31FN2. The summed E-state index contributed by atoms with van der Waals surface area (Å²) in [7, 11) is 0. The Morgan fingerprint density at radius 1 is 1.10 bits per heavy atom. The standard InChI is InChI=1S/C18H31FN2/c1-5-13-20-14-18(6-2,7-3)15-21(8-4)17-12-10-9-11-16(17)19/h9-12,20H,5-8,13-15H2,1-4H3. The highest BCUT2D eigenvalue weighted by molar-refractivity contribution is 5.47. The first kappa shape index (κ1) is 18.0. The lowest BCUT2D eigenvalue weighted by Gasteiger charge is -2.38. The topological polar surface area (TPSA) is 15.3 Å². The molecule has 0 aliphatic carbocycles. The quantitative estimate of drug-likeness (QED) is 0.641. The van der Waals surface area contributed by atoms with E-state index in [-0.39, 0.29) is 11.2 Å². The minimum absolute atomic E-state index is 0.123. The molecular weight excluding hydrogens is 263 g/mol. The summed E-state index contributed by atoms with van der Waals surface area (Å²) < 4.78 is 14.1. The maximum Gasteiger partial charge on any atom is 0.146 e. The molecule has 0 bridgehead atoms. The smallest absolute Gasteiger partial charge is 0.146 e. The lowest BCUT2D eigenvalue weighted by molar-refractivity contribution is 0.253. The van der Waals surface area contributed by atoms with E-state index in [2.05, 4.69) is 37.9 Å². The van der Waals surface area contributed by atoms with Crippen molar-refractivity contribution in [3.63, 3.8) is 0 Å². The van der Waals surface area contributed by atoms with Crippen molar-refractivity contribution in [3.05, 3.63) is 30.1 Å². The molecule has 2 nitrogen and oxygen atoms in total. The van der Waals surface area contributed by atoms with Crippen LogP contribution in [0.3, 0.4) is 0 Å². The minimum atomic E-state index is -0.123. The summed E-state index contributed by atoms with van der Waals surface area (Å²) in [5, 5.41) is 3.55. The summed E-state index contributed by atoms with van der Waals surface area (Å²) in [6.45, 7) is 12.5. The summed E-state index contributed by atoms with van der Waals surface area (Å²) >= 11 is 0. The van der Waals surface area contributed by atoms with Gasteiger partial charge >= 0.3 is 0 Å². The molecule has 0 unspecified atom stereocenters. The van der Waals surface area contributed by atoms with Crippen molar-refractivity contribution in [2.24, 2.45) is 5.41 Å². The van der Waals surface area contributed by atoms with Gasteiger partial charge in [0, 0.05) is 19.6 Å². The molecule has 1 rings (SSSR count). The van der Waals surface area contributed by atoms with Crippen LogP contribution in [-0.2, 0) is 0 Å². The first-order valence-electron chi connectivity index (χ1n) is 8.32. The van der Waals surface area contributed by atoms with E-state index in [4.69, 9.17) is 0 Å². The molecule has 0 aliphatic rings. The monoisotopic (exact) mass is 294 g/mol. The molecule has 21 heavy (non-hydrogen) atoms. The van der Waals surface area contributed by atoms with Crippen LogP contribution in [0.4, 0.5) is 10.1 Å². The van der Waals surface area contributed by atoms with Crippen LogP contribution in [0.2, 0.25) is 0 Å². The van der Waals surface area contributed by atoms with Crippen molar-refractivity contribution < 1.29 is 4.39 Å². The Balaban J connectivity index is 2.86. The molecule has 0 aliphatic heterocycles. The molecule has 0 fully saturated rings. The molecule has 0 atom stereocenters. The summed E-state index contributed by atoms with van der Waals surface area (Å²) in [6.07, 6.45) is 3.35. The van der Waals surface area contributed by atoms with Gasteiger partial charge in [0.25, 0.3) is 0 Å². The Kier molecular flexibility index (Phi) is 7.73. The van der Waals surface area contributed by atoms with E-state index >= 15 is 0 Å². The molecule has 0 radical (unpaired) electrons. The molecule has 1 aromatic carbocycles. The predicted octanol–water partition coefficient (Wildman–Crippen LogP) is 4.46. The van der Waals surface area contributed by atoms with Gasteiger partial charge in [-0.3, -0.25) is 0 Å². The molecule has 3 heteroatoms. The predicted molar refractivity (Wildman–Crippen MR) is 90.5 cm³/mol. The molecule has 0 spiro atoms. The highest BCUT2D eigenvalue weighted by Gasteiger charge is 2.29. The zero-order valence-corrected chi connectivity index (χ0v) is 14.1. The third-order valence-electron chi connectivity index (χ3n) is 4.53. The average molecular weight is 294 g/mol. The number of halogens is 1. The van der Waals surface area contributed by atoms with Crippen molar-refractivity contribution in [2.45, 2.75) is 47.0 Å². The van der Waals surface area contributed by atoms with Gasteiger partial charge in [0.15, 0.2) is 0 Å². The fourth-order valence-electron chi connectivity index (χ4n) is 2.79. The number of benzene rings is 1. The molecule has 0 saturated heterocycles. The lowest BCUT2D eigenvalue weighted by Crippen LogP contribution is -2.44. The van der Waals surface area contributed by atoms with Gasteiger partial charge in [-0.1, -0.05) is 32.9 Å². The first-order chi connectivity index (χ1) is 10.1. The van der Waals surface area contributed by atoms with Crippen molar-refractivity contribution in [3.8, 4) is 0 Å². The van der Waals surface area contributed by atoms with E-state index < -0.39 is 0 Å². The van der Waals surface area contributed by atoms with Gasteiger partial charge in [0.1, 0.15) is 5.82 Å². The number of anilines is 1. The molecule has 0 amide bonds. The molecule has 1 aromatic rings. The zero-order chi connectivity index (χ0) is 15.7.